The van der Waals surface area contributed by atoms with Crippen molar-refractivity contribution in [3.8, 4) is 0 Å². The summed E-state index contributed by atoms with van der Waals surface area (Å²) in [5.41, 5.74) is -0.863. The van der Waals surface area contributed by atoms with E-state index in [9.17, 15) is 32.5 Å². The molecule has 26 heavy (non-hydrogen) atoms. The molecule has 2 atom stereocenters. The third-order valence-corrected chi connectivity index (χ3v) is 4.21. The number of nitro benzene ring substituents is 1. The lowest BCUT2D eigenvalue weighted by Crippen LogP contribution is -2.15. The van der Waals surface area contributed by atoms with Crippen LogP contribution in [0.15, 0.2) is 42.5 Å². The molecule has 0 spiro atoms. The number of carbonyl (C=O) groups excluding carboxylic acids is 1. The highest BCUT2D eigenvalue weighted by molar-refractivity contribution is 5.95. The van der Waals surface area contributed by atoms with Gasteiger partial charge in [0.25, 0.3) is 5.69 Å². The maximum atomic E-state index is 13.7. The van der Waals surface area contributed by atoms with Crippen molar-refractivity contribution in [2.75, 3.05) is 5.32 Å². The normalized spacial score (nSPS) is 19.1. The molecule has 1 fully saturated rings. The average molecular weight is 368 g/mol. The summed E-state index contributed by atoms with van der Waals surface area (Å²) in [6.45, 7) is 0. The molecule has 1 aliphatic carbocycles. The fourth-order valence-electron chi connectivity index (χ4n) is 2.72. The summed E-state index contributed by atoms with van der Waals surface area (Å²) < 4.78 is 51.4. The summed E-state index contributed by atoms with van der Waals surface area (Å²) in [4.78, 5) is 22.2. The van der Waals surface area contributed by atoms with Crippen molar-refractivity contribution in [1.29, 1.82) is 0 Å². The maximum absolute atomic E-state index is 13.7. The molecule has 0 radical (unpaired) electrons. The number of rotatable bonds is 4. The van der Waals surface area contributed by atoms with Gasteiger partial charge in [0.15, 0.2) is 0 Å². The number of alkyl halides is 3. The number of nitrogens with zero attached hydrogens (tertiary/aromatic N) is 1. The zero-order valence-electron chi connectivity index (χ0n) is 13.1. The van der Waals surface area contributed by atoms with E-state index in [-0.39, 0.29) is 17.3 Å². The van der Waals surface area contributed by atoms with E-state index >= 15 is 0 Å². The monoisotopic (exact) mass is 368 g/mol. The molecular formula is C17H12F4N2O3. The lowest BCUT2D eigenvalue weighted by molar-refractivity contribution is -0.384. The molecule has 1 saturated carbocycles. The number of hydrogen-bond donors (Lipinski definition) is 1. The van der Waals surface area contributed by atoms with E-state index in [1.807, 2.05) is 0 Å². The largest absolute Gasteiger partial charge is 0.416 e. The van der Waals surface area contributed by atoms with Crippen molar-refractivity contribution in [3.05, 3.63) is 69.5 Å². The molecule has 2 unspecified atom stereocenters. The third kappa shape index (κ3) is 3.66. The number of nitrogens with one attached hydrogen (secondary N) is 1. The number of nitro groups is 1. The predicted octanol–water partition coefficient (Wildman–Crippen LogP) is 4.49. The van der Waals surface area contributed by atoms with E-state index in [1.165, 1.54) is 12.1 Å². The van der Waals surface area contributed by atoms with Gasteiger partial charge in [0, 0.05) is 18.1 Å². The fourth-order valence-corrected chi connectivity index (χ4v) is 2.72. The molecule has 5 nitrogen and oxygen atoms in total. The lowest BCUT2D eigenvalue weighted by atomic mass is 10.1. The van der Waals surface area contributed by atoms with Crippen LogP contribution in [0.4, 0.5) is 28.9 Å². The van der Waals surface area contributed by atoms with Crippen LogP contribution >= 0.6 is 0 Å². The van der Waals surface area contributed by atoms with Gasteiger partial charge in [-0.3, -0.25) is 14.9 Å². The van der Waals surface area contributed by atoms with Crippen LogP contribution < -0.4 is 5.32 Å². The highest BCUT2D eigenvalue weighted by Crippen LogP contribution is 2.48. The van der Waals surface area contributed by atoms with Gasteiger partial charge in [0.2, 0.25) is 5.91 Å². The molecule has 136 valence electrons. The second-order valence-corrected chi connectivity index (χ2v) is 5.98. The highest BCUT2D eigenvalue weighted by atomic mass is 19.4. The Kier molecular flexibility index (Phi) is 4.39. The van der Waals surface area contributed by atoms with Gasteiger partial charge in [0.1, 0.15) is 5.82 Å². The van der Waals surface area contributed by atoms with Crippen LogP contribution in [0.25, 0.3) is 0 Å². The molecule has 0 saturated heterocycles. The van der Waals surface area contributed by atoms with E-state index in [1.54, 1.807) is 0 Å². The summed E-state index contributed by atoms with van der Waals surface area (Å²) in [6.07, 6.45) is -4.02. The molecule has 2 aromatic rings. The molecule has 1 amide bonds. The Hall–Kier alpha value is -2.97. The van der Waals surface area contributed by atoms with Crippen LogP contribution in [0.1, 0.15) is 23.5 Å². The SMILES string of the molecule is O=C(Nc1cc([N+](=O)[O-])ccc1F)C1CC1c1ccc(C(F)(F)F)cc1. The Morgan fingerprint density at radius 2 is 1.81 bits per heavy atom. The number of benzene rings is 2. The van der Waals surface area contributed by atoms with Gasteiger partial charge in [-0.05, 0) is 36.1 Å². The van der Waals surface area contributed by atoms with Crippen LogP contribution in [-0.4, -0.2) is 10.8 Å². The second-order valence-electron chi connectivity index (χ2n) is 5.98. The van der Waals surface area contributed by atoms with E-state index < -0.39 is 34.3 Å². The minimum atomic E-state index is -4.43. The predicted molar refractivity (Wildman–Crippen MR) is 84.0 cm³/mol. The van der Waals surface area contributed by atoms with Gasteiger partial charge in [-0.2, -0.15) is 13.2 Å². The molecule has 0 aromatic heterocycles. The number of non-ortho nitro benzene ring substituents is 1. The van der Waals surface area contributed by atoms with E-state index in [2.05, 4.69) is 5.32 Å². The topological polar surface area (TPSA) is 72.2 Å². The first kappa shape index (κ1) is 17.8. The fraction of sp³-hybridized carbons (Fsp3) is 0.235. The Balaban J connectivity index is 1.68. The molecule has 1 aliphatic rings. The zero-order chi connectivity index (χ0) is 19.1. The van der Waals surface area contributed by atoms with Gasteiger partial charge >= 0.3 is 6.18 Å². The summed E-state index contributed by atoms with van der Waals surface area (Å²) in [6, 6.07) is 7.30. The molecule has 2 aromatic carbocycles. The van der Waals surface area contributed by atoms with E-state index in [0.29, 0.717) is 12.0 Å². The first-order valence-electron chi connectivity index (χ1n) is 7.59. The molecular weight excluding hydrogens is 356 g/mol. The molecule has 0 aliphatic heterocycles. The van der Waals surface area contributed by atoms with Crippen LogP contribution in [0.5, 0.6) is 0 Å². The summed E-state index contributed by atoms with van der Waals surface area (Å²) >= 11 is 0. The second kappa shape index (κ2) is 6.40. The Labute approximate surface area is 144 Å². The Bertz CT molecular complexity index is 865. The van der Waals surface area contributed by atoms with E-state index in [4.69, 9.17) is 0 Å². The smallest absolute Gasteiger partial charge is 0.323 e. The van der Waals surface area contributed by atoms with Gasteiger partial charge in [0.05, 0.1) is 16.2 Å². The van der Waals surface area contributed by atoms with Gasteiger partial charge in [-0.25, -0.2) is 4.39 Å². The first-order valence-corrected chi connectivity index (χ1v) is 7.59. The van der Waals surface area contributed by atoms with Crippen LogP contribution in [0.3, 0.4) is 0 Å². The number of anilines is 1. The quantitative estimate of drug-likeness (QED) is 0.491. The molecule has 1 N–H and O–H groups in total. The molecule has 0 heterocycles. The van der Waals surface area contributed by atoms with E-state index in [0.717, 1.165) is 30.3 Å². The Morgan fingerprint density at radius 1 is 1.15 bits per heavy atom. The maximum Gasteiger partial charge on any atom is 0.416 e. The lowest BCUT2D eigenvalue weighted by Gasteiger charge is -2.08. The van der Waals surface area contributed by atoms with Gasteiger partial charge in [-0.1, -0.05) is 12.1 Å². The van der Waals surface area contributed by atoms with Gasteiger partial charge in [-0.15, -0.1) is 0 Å². The minimum Gasteiger partial charge on any atom is -0.323 e. The molecule has 9 heteroatoms. The van der Waals surface area contributed by atoms with Crippen LogP contribution in [-0.2, 0) is 11.0 Å². The number of hydrogen-bond acceptors (Lipinski definition) is 3. The standard InChI is InChI=1S/C17H12F4N2O3/c18-14-6-5-11(23(25)26)7-15(14)22-16(24)13-8-12(13)9-1-3-10(4-2-9)17(19,20)21/h1-7,12-13H,8H2,(H,22,24). The summed E-state index contributed by atoms with van der Waals surface area (Å²) in [5, 5.41) is 13.0. The van der Waals surface area contributed by atoms with Crippen molar-refractivity contribution >= 4 is 17.3 Å². The number of halogens is 4. The van der Waals surface area contributed by atoms with Crippen molar-refractivity contribution in [3.63, 3.8) is 0 Å². The van der Waals surface area contributed by atoms with Gasteiger partial charge < -0.3 is 5.32 Å². The highest BCUT2D eigenvalue weighted by Gasteiger charge is 2.44. The van der Waals surface area contributed by atoms with Crippen molar-refractivity contribution in [2.45, 2.75) is 18.5 Å². The van der Waals surface area contributed by atoms with Crippen molar-refractivity contribution in [2.24, 2.45) is 5.92 Å². The zero-order valence-corrected chi connectivity index (χ0v) is 13.1. The average Bonchev–Trinajstić information content (AvgIpc) is 3.36. The number of amides is 1. The first-order chi connectivity index (χ1) is 12.2. The van der Waals surface area contributed by atoms with Crippen molar-refractivity contribution < 1.29 is 27.3 Å². The molecule has 3 rings (SSSR count). The number of carbonyl (C=O) groups is 1. The molecule has 0 bridgehead atoms. The van der Waals surface area contributed by atoms with Crippen LogP contribution in [0, 0.1) is 21.8 Å². The van der Waals surface area contributed by atoms with Crippen molar-refractivity contribution in [1.82, 2.24) is 0 Å². The summed E-state index contributed by atoms with van der Waals surface area (Å²) in [7, 11) is 0. The Morgan fingerprint density at radius 3 is 2.38 bits per heavy atom. The van der Waals surface area contributed by atoms with Crippen LogP contribution in [0.2, 0.25) is 0 Å². The third-order valence-electron chi connectivity index (χ3n) is 4.21. The summed E-state index contributed by atoms with van der Waals surface area (Å²) in [5.74, 6) is -2.13. The minimum absolute atomic E-state index is 0.265.